The SMILES string of the molecule is Brc1cnc2nc(C3COc4ccccc4C3)[nH]c2c1. The van der Waals surface area contributed by atoms with Gasteiger partial charge in [0, 0.05) is 10.7 Å². The van der Waals surface area contributed by atoms with Gasteiger partial charge >= 0.3 is 0 Å². The molecule has 4 rings (SSSR count). The zero-order chi connectivity index (χ0) is 13.5. The first-order valence-electron chi connectivity index (χ1n) is 6.51. The molecule has 0 radical (unpaired) electrons. The summed E-state index contributed by atoms with van der Waals surface area (Å²) in [5.41, 5.74) is 2.94. The van der Waals surface area contributed by atoms with E-state index in [9.17, 15) is 0 Å². The first-order valence-corrected chi connectivity index (χ1v) is 7.31. The van der Waals surface area contributed by atoms with Crippen LogP contribution in [0, 0.1) is 0 Å². The lowest BCUT2D eigenvalue weighted by molar-refractivity contribution is 0.258. The van der Waals surface area contributed by atoms with E-state index < -0.39 is 0 Å². The maximum atomic E-state index is 5.82. The van der Waals surface area contributed by atoms with Gasteiger partial charge in [0.2, 0.25) is 0 Å². The summed E-state index contributed by atoms with van der Waals surface area (Å²) < 4.78 is 6.77. The number of hydrogen-bond acceptors (Lipinski definition) is 3. The van der Waals surface area contributed by atoms with E-state index in [0.717, 1.165) is 33.6 Å². The zero-order valence-corrected chi connectivity index (χ0v) is 12.2. The Bertz CT molecular complexity index is 784. The van der Waals surface area contributed by atoms with Gasteiger partial charge in [0.05, 0.1) is 18.0 Å². The minimum absolute atomic E-state index is 0.248. The van der Waals surface area contributed by atoms with Crippen LogP contribution in [0.15, 0.2) is 41.0 Å². The number of ether oxygens (including phenoxy) is 1. The van der Waals surface area contributed by atoms with E-state index in [1.807, 2.05) is 24.3 Å². The Morgan fingerprint density at radius 1 is 1.30 bits per heavy atom. The van der Waals surface area contributed by atoms with E-state index in [4.69, 9.17) is 4.74 Å². The number of hydrogen-bond donors (Lipinski definition) is 1. The predicted molar refractivity (Wildman–Crippen MR) is 80.0 cm³/mol. The Kier molecular flexibility index (Phi) is 2.73. The monoisotopic (exact) mass is 329 g/mol. The Balaban J connectivity index is 1.70. The molecule has 5 heteroatoms. The summed E-state index contributed by atoms with van der Waals surface area (Å²) >= 11 is 3.42. The molecule has 1 N–H and O–H groups in total. The number of nitrogens with zero attached hydrogens (tertiary/aromatic N) is 2. The van der Waals surface area contributed by atoms with Crippen molar-refractivity contribution in [2.24, 2.45) is 0 Å². The number of halogens is 1. The third-order valence-corrected chi connectivity index (χ3v) is 4.02. The summed E-state index contributed by atoms with van der Waals surface area (Å²) in [7, 11) is 0. The molecule has 1 aromatic carbocycles. The first-order chi connectivity index (χ1) is 9.79. The molecule has 20 heavy (non-hydrogen) atoms. The fourth-order valence-electron chi connectivity index (χ4n) is 2.59. The molecule has 1 atom stereocenters. The number of nitrogens with one attached hydrogen (secondary N) is 1. The molecule has 1 aliphatic rings. The van der Waals surface area contributed by atoms with Gasteiger partial charge in [-0.05, 0) is 40.0 Å². The molecule has 0 saturated carbocycles. The summed E-state index contributed by atoms with van der Waals surface area (Å²) in [4.78, 5) is 12.2. The van der Waals surface area contributed by atoms with Gasteiger partial charge < -0.3 is 9.72 Å². The number of aromatic amines is 1. The summed E-state index contributed by atoms with van der Waals surface area (Å²) in [6.07, 6.45) is 2.71. The van der Waals surface area contributed by atoms with Crippen molar-refractivity contribution < 1.29 is 4.74 Å². The van der Waals surface area contributed by atoms with Crippen LogP contribution < -0.4 is 4.74 Å². The molecule has 100 valence electrons. The van der Waals surface area contributed by atoms with Crippen molar-refractivity contribution in [3.63, 3.8) is 0 Å². The summed E-state index contributed by atoms with van der Waals surface area (Å²) in [6.45, 7) is 0.651. The molecule has 1 aliphatic heterocycles. The van der Waals surface area contributed by atoms with Gasteiger partial charge in [-0.25, -0.2) is 9.97 Å². The van der Waals surface area contributed by atoms with Crippen LogP contribution in [-0.4, -0.2) is 21.6 Å². The van der Waals surface area contributed by atoms with Crippen LogP contribution in [0.2, 0.25) is 0 Å². The van der Waals surface area contributed by atoms with Crippen molar-refractivity contribution in [2.75, 3.05) is 6.61 Å². The van der Waals surface area contributed by atoms with Crippen LogP contribution in [0.5, 0.6) is 5.75 Å². The molecule has 0 aliphatic carbocycles. The Morgan fingerprint density at radius 3 is 3.15 bits per heavy atom. The fourth-order valence-corrected chi connectivity index (χ4v) is 2.92. The molecular weight excluding hydrogens is 318 g/mol. The standard InChI is InChI=1S/C15H12BrN3O/c16-11-6-12-15(17-7-11)19-14(18-12)10-5-9-3-1-2-4-13(9)20-8-10/h1-4,6-7,10H,5,8H2,(H,17,18,19). The smallest absolute Gasteiger partial charge is 0.177 e. The van der Waals surface area contributed by atoms with Gasteiger partial charge in [-0.3, -0.25) is 0 Å². The minimum atomic E-state index is 0.248. The van der Waals surface area contributed by atoms with Gasteiger partial charge in [0.1, 0.15) is 11.6 Å². The van der Waals surface area contributed by atoms with E-state index in [1.54, 1.807) is 6.20 Å². The normalized spacial score (nSPS) is 17.8. The van der Waals surface area contributed by atoms with Gasteiger partial charge in [0.15, 0.2) is 5.65 Å². The van der Waals surface area contributed by atoms with Crippen LogP contribution in [0.25, 0.3) is 11.2 Å². The fraction of sp³-hybridized carbons (Fsp3) is 0.200. The second-order valence-electron chi connectivity index (χ2n) is 4.97. The number of imidazole rings is 1. The molecule has 0 saturated heterocycles. The molecule has 0 bridgehead atoms. The van der Waals surface area contributed by atoms with Crippen molar-refractivity contribution >= 4 is 27.1 Å². The highest BCUT2D eigenvalue weighted by Crippen LogP contribution is 2.31. The van der Waals surface area contributed by atoms with Crippen LogP contribution >= 0.6 is 15.9 Å². The second kappa shape index (κ2) is 4.59. The molecule has 3 aromatic rings. The number of rotatable bonds is 1. The highest BCUT2D eigenvalue weighted by Gasteiger charge is 2.23. The maximum absolute atomic E-state index is 5.82. The topological polar surface area (TPSA) is 50.8 Å². The molecule has 1 unspecified atom stereocenters. The Morgan fingerprint density at radius 2 is 2.20 bits per heavy atom. The number of pyridine rings is 1. The lowest BCUT2D eigenvalue weighted by Gasteiger charge is -2.23. The second-order valence-corrected chi connectivity index (χ2v) is 5.88. The van der Waals surface area contributed by atoms with Crippen molar-refractivity contribution in [1.82, 2.24) is 15.0 Å². The molecular formula is C15H12BrN3O. The molecule has 2 aromatic heterocycles. The average molecular weight is 330 g/mol. The van der Waals surface area contributed by atoms with Crippen LogP contribution in [0.3, 0.4) is 0 Å². The van der Waals surface area contributed by atoms with E-state index in [-0.39, 0.29) is 5.92 Å². The summed E-state index contributed by atoms with van der Waals surface area (Å²) in [5, 5.41) is 0. The highest BCUT2D eigenvalue weighted by atomic mass is 79.9. The Labute approximate surface area is 124 Å². The zero-order valence-electron chi connectivity index (χ0n) is 10.6. The number of aromatic nitrogens is 3. The van der Waals surface area contributed by atoms with E-state index in [2.05, 4.69) is 36.9 Å². The van der Waals surface area contributed by atoms with Crippen molar-refractivity contribution in [1.29, 1.82) is 0 Å². The summed E-state index contributed by atoms with van der Waals surface area (Å²) in [5.74, 6) is 2.18. The predicted octanol–water partition coefficient (Wildman–Crippen LogP) is 3.44. The lowest BCUT2D eigenvalue weighted by Crippen LogP contribution is -2.20. The third-order valence-electron chi connectivity index (χ3n) is 3.59. The molecule has 3 heterocycles. The van der Waals surface area contributed by atoms with Crippen molar-refractivity contribution in [3.8, 4) is 5.75 Å². The van der Waals surface area contributed by atoms with Gasteiger partial charge in [0.25, 0.3) is 0 Å². The third kappa shape index (κ3) is 1.98. The number of benzene rings is 1. The van der Waals surface area contributed by atoms with E-state index in [0.29, 0.717) is 6.61 Å². The van der Waals surface area contributed by atoms with Crippen LogP contribution in [0.4, 0.5) is 0 Å². The molecule has 4 nitrogen and oxygen atoms in total. The van der Waals surface area contributed by atoms with Crippen molar-refractivity contribution in [3.05, 3.63) is 52.4 Å². The largest absolute Gasteiger partial charge is 0.493 e. The van der Waals surface area contributed by atoms with Gasteiger partial charge in [-0.1, -0.05) is 18.2 Å². The van der Waals surface area contributed by atoms with Crippen molar-refractivity contribution in [2.45, 2.75) is 12.3 Å². The van der Waals surface area contributed by atoms with Crippen LogP contribution in [-0.2, 0) is 6.42 Å². The summed E-state index contributed by atoms with van der Waals surface area (Å²) in [6, 6.07) is 10.2. The number of H-pyrrole nitrogens is 1. The quantitative estimate of drug-likeness (QED) is 0.744. The average Bonchev–Trinajstić information content (AvgIpc) is 2.89. The lowest BCUT2D eigenvalue weighted by atomic mass is 9.96. The van der Waals surface area contributed by atoms with Gasteiger partial charge in [-0.15, -0.1) is 0 Å². The first kappa shape index (κ1) is 11.9. The molecule has 0 amide bonds. The van der Waals surface area contributed by atoms with E-state index >= 15 is 0 Å². The Hall–Kier alpha value is -1.88. The van der Waals surface area contributed by atoms with Gasteiger partial charge in [-0.2, -0.15) is 0 Å². The van der Waals surface area contributed by atoms with Crippen LogP contribution in [0.1, 0.15) is 17.3 Å². The molecule has 0 fully saturated rings. The molecule has 0 spiro atoms. The maximum Gasteiger partial charge on any atom is 0.177 e. The number of para-hydroxylation sites is 1. The highest BCUT2D eigenvalue weighted by molar-refractivity contribution is 9.10. The number of fused-ring (bicyclic) bond motifs is 2. The van der Waals surface area contributed by atoms with E-state index in [1.165, 1.54) is 5.56 Å². The minimum Gasteiger partial charge on any atom is -0.493 e.